The molecule has 1 aromatic rings. The molecule has 7 heteroatoms. The van der Waals surface area contributed by atoms with E-state index in [1.165, 1.54) is 6.07 Å². The van der Waals surface area contributed by atoms with Crippen molar-refractivity contribution in [3.8, 4) is 5.75 Å². The van der Waals surface area contributed by atoms with Crippen molar-refractivity contribution in [2.24, 2.45) is 0 Å². The maximum atomic E-state index is 11.7. The van der Waals surface area contributed by atoms with Gasteiger partial charge >= 0.3 is 6.36 Å². The largest absolute Gasteiger partial charge is 0.522 e. The maximum Gasteiger partial charge on any atom is 0.522 e. The number of rotatable bonds is 5. The third-order valence-corrected chi connectivity index (χ3v) is 2.34. The summed E-state index contributed by atoms with van der Waals surface area (Å²) < 4.78 is 44.1. The first-order chi connectivity index (χ1) is 7.94. The molecule has 0 amide bonds. The first kappa shape index (κ1) is 14.0. The van der Waals surface area contributed by atoms with Crippen LogP contribution in [-0.4, -0.2) is 25.9 Å². The molecule has 94 valence electrons. The van der Waals surface area contributed by atoms with E-state index in [2.05, 4.69) is 20.7 Å². The van der Waals surface area contributed by atoms with Crippen molar-refractivity contribution in [2.75, 3.05) is 13.2 Å². The monoisotopic (exact) mass is 312 g/mol. The Hall–Kier alpha value is -1.08. The molecular weight excluding hydrogens is 305 g/mol. The molecule has 0 aliphatic carbocycles. The van der Waals surface area contributed by atoms with Crippen molar-refractivity contribution in [1.82, 2.24) is 0 Å². The Balaban J connectivity index is 2.54. The highest BCUT2D eigenvalue weighted by Crippen LogP contribution is 2.28. The summed E-state index contributed by atoms with van der Waals surface area (Å²) in [6.07, 6.45) is -4.12. The molecule has 3 nitrogen and oxygen atoms in total. The van der Waals surface area contributed by atoms with Crippen LogP contribution in [-0.2, 0) is 4.74 Å². The lowest BCUT2D eigenvalue weighted by Gasteiger charge is -2.11. The Labute approximate surface area is 104 Å². The minimum absolute atomic E-state index is 0.202. The van der Waals surface area contributed by atoms with Crippen molar-refractivity contribution in [2.45, 2.75) is 6.36 Å². The van der Waals surface area contributed by atoms with E-state index in [0.717, 1.165) is 0 Å². The first-order valence-corrected chi connectivity index (χ1v) is 5.30. The highest BCUT2D eigenvalue weighted by Gasteiger charge is 2.28. The molecule has 0 saturated carbocycles. The highest BCUT2D eigenvalue weighted by molar-refractivity contribution is 9.10. The van der Waals surface area contributed by atoms with Gasteiger partial charge < -0.3 is 4.74 Å². The number of carbonyl (C=O) groups is 1. The molecule has 0 heterocycles. The molecule has 0 N–H and O–H groups in total. The van der Waals surface area contributed by atoms with Crippen molar-refractivity contribution < 1.29 is 27.4 Å². The predicted octanol–water partition coefficient (Wildman–Crippen LogP) is 3.18. The number of alkyl halides is 3. The molecule has 17 heavy (non-hydrogen) atoms. The standard InChI is InChI=1S/C10H8BrF3O3/c11-8-3-1-2-7(6-15)9(8)16-4-5-17-10(12,13)14/h1-3,6H,4-5H2. The minimum Gasteiger partial charge on any atom is -0.489 e. The van der Waals surface area contributed by atoms with Gasteiger partial charge in [0.15, 0.2) is 6.29 Å². The summed E-state index contributed by atoms with van der Waals surface area (Å²) in [5.41, 5.74) is 0.256. The van der Waals surface area contributed by atoms with Crippen LogP contribution in [0.3, 0.4) is 0 Å². The second-order valence-corrected chi connectivity index (χ2v) is 3.77. The molecule has 0 atom stereocenters. The number of ether oxygens (including phenoxy) is 2. The van der Waals surface area contributed by atoms with Gasteiger partial charge in [0.05, 0.1) is 16.6 Å². The second-order valence-electron chi connectivity index (χ2n) is 2.92. The molecule has 0 unspecified atom stereocenters. The van der Waals surface area contributed by atoms with Gasteiger partial charge in [-0.1, -0.05) is 6.07 Å². The number of benzene rings is 1. The van der Waals surface area contributed by atoms with Crippen molar-refractivity contribution in [1.29, 1.82) is 0 Å². The van der Waals surface area contributed by atoms with E-state index in [-0.39, 0.29) is 17.9 Å². The van der Waals surface area contributed by atoms with Gasteiger partial charge in [0.2, 0.25) is 0 Å². The van der Waals surface area contributed by atoms with Crippen LogP contribution in [0.5, 0.6) is 5.75 Å². The number of carbonyl (C=O) groups excluding carboxylic acids is 1. The van der Waals surface area contributed by atoms with Crippen LogP contribution in [0, 0.1) is 0 Å². The number of halogens is 4. The summed E-state index contributed by atoms with van der Waals surface area (Å²) in [4.78, 5) is 10.7. The third-order valence-electron chi connectivity index (χ3n) is 1.72. The fourth-order valence-electron chi connectivity index (χ4n) is 1.07. The van der Waals surface area contributed by atoms with Crippen molar-refractivity contribution in [3.05, 3.63) is 28.2 Å². The SMILES string of the molecule is O=Cc1cccc(Br)c1OCCOC(F)(F)F. The maximum absolute atomic E-state index is 11.7. The number of hydrogen-bond acceptors (Lipinski definition) is 3. The summed E-state index contributed by atoms with van der Waals surface area (Å²) >= 11 is 3.13. The lowest BCUT2D eigenvalue weighted by Crippen LogP contribution is -2.18. The lowest BCUT2D eigenvalue weighted by atomic mass is 10.2. The normalized spacial score (nSPS) is 11.3. The molecule has 1 aromatic carbocycles. The van der Waals surface area contributed by atoms with E-state index in [4.69, 9.17) is 4.74 Å². The zero-order valence-corrected chi connectivity index (χ0v) is 10.0. The average Bonchev–Trinajstić information content (AvgIpc) is 2.24. The van der Waals surface area contributed by atoms with Gasteiger partial charge in [-0.2, -0.15) is 0 Å². The van der Waals surface area contributed by atoms with Gasteiger partial charge in [-0.3, -0.25) is 9.53 Å². The molecular formula is C10H8BrF3O3. The number of hydrogen-bond donors (Lipinski definition) is 0. The van der Waals surface area contributed by atoms with Gasteiger partial charge in [-0.05, 0) is 28.1 Å². The Bertz CT molecular complexity index is 393. The molecule has 1 rings (SSSR count). The average molecular weight is 313 g/mol. The summed E-state index contributed by atoms with van der Waals surface area (Å²) in [6.45, 7) is -0.938. The van der Waals surface area contributed by atoms with Gasteiger partial charge in [0, 0.05) is 0 Å². The summed E-state index contributed by atoms with van der Waals surface area (Å²) in [6, 6.07) is 4.73. The van der Waals surface area contributed by atoms with Gasteiger partial charge in [0.25, 0.3) is 0 Å². The van der Waals surface area contributed by atoms with Crippen LogP contribution in [0.2, 0.25) is 0 Å². The van der Waals surface area contributed by atoms with Crippen LogP contribution in [0.4, 0.5) is 13.2 Å². The second kappa shape index (κ2) is 6.02. The first-order valence-electron chi connectivity index (χ1n) is 4.51. The number of aldehydes is 1. The van der Waals surface area contributed by atoms with Gasteiger partial charge in [0.1, 0.15) is 12.4 Å². The van der Waals surface area contributed by atoms with Crippen LogP contribution >= 0.6 is 15.9 Å². The molecule has 0 spiro atoms. The van der Waals surface area contributed by atoms with Crippen LogP contribution < -0.4 is 4.74 Å². The van der Waals surface area contributed by atoms with E-state index in [1.807, 2.05) is 0 Å². The molecule has 0 radical (unpaired) electrons. The molecule has 0 bridgehead atoms. The third kappa shape index (κ3) is 4.74. The molecule has 0 aliphatic heterocycles. The van der Waals surface area contributed by atoms with Gasteiger partial charge in [-0.25, -0.2) is 0 Å². The molecule has 0 saturated heterocycles. The van der Waals surface area contributed by atoms with Gasteiger partial charge in [-0.15, -0.1) is 13.2 Å². The Kier molecular flexibility index (Phi) is 4.95. The Morgan fingerprint density at radius 2 is 2.00 bits per heavy atom. The van der Waals surface area contributed by atoms with E-state index in [0.29, 0.717) is 10.8 Å². The van der Waals surface area contributed by atoms with E-state index >= 15 is 0 Å². The highest BCUT2D eigenvalue weighted by atomic mass is 79.9. The summed E-state index contributed by atoms with van der Waals surface area (Å²) in [5.74, 6) is 0.202. The topological polar surface area (TPSA) is 35.5 Å². The van der Waals surface area contributed by atoms with E-state index in [9.17, 15) is 18.0 Å². The zero-order chi connectivity index (χ0) is 12.9. The van der Waals surface area contributed by atoms with Crippen LogP contribution in [0.15, 0.2) is 22.7 Å². The van der Waals surface area contributed by atoms with E-state index < -0.39 is 13.0 Å². The summed E-state index contributed by atoms with van der Waals surface area (Å²) in [7, 11) is 0. The molecule has 0 fully saturated rings. The van der Waals surface area contributed by atoms with E-state index in [1.54, 1.807) is 12.1 Å². The molecule has 0 aromatic heterocycles. The fraction of sp³-hybridized carbons (Fsp3) is 0.300. The quantitative estimate of drug-likeness (QED) is 0.619. The smallest absolute Gasteiger partial charge is 0.489 e. The molecule has 0 aliphatic rings. The Morgan fingerprint density at radius 1 is 1.29 bits per heavy atom. The fourth-order valence-corrected chi connectivity index (χ4v) is 1.57. The lowest BCUT2D eigenvalue weighted by molar-refractivity contribution is -0.325. The Morgan fingerprint density at radius 3 is 2.59 bits per heavy atom. The van der Waals surface area contributed by atoms with Crippen molar-refractivity contribution >= 4 is 22.2 Å². The zero-order valence-electron chi connectivity index (χ0n) is 8.46. The number of para-hydroxylation sites is 1. The van der Waals surface area contributed by atoms with Crippen LogP contribution in [0.25, 0.3) is 0 Å². The predicted molar refractivity (Wildman–Crippen MR) is 57.0 cm³/mol. The minimum atomic E-state index is -4.68. The van der Waals surface area contributed by atoms with Crippen LogP contribution in [0.1, 0.15) is 10.4 Å². The summed E-state index contributed by atoms with van der Waals surface area (Å²) in [5, 5.41) is 0. The van der Waals surface area contributed by atoms with Crippen molar-refractivity contribution in [3.63, 3.8) is 0 Å².